The fourth-order valence-corrected chi connectivity index (χ4v) is 9.27. The van der Waals surface area contributed by atoms with Crippen LogP contribution in [0, 0.1) is 0 Å². The van der Waals surface area contributed by atoms with E-state index in [-0.39, 0.29) is 0 Å². The van der Waals surface area contributed by atoms with E-state index in [0.29, 0.717) is 0 Å². The molecule has 5 heteroatoms. The van der Waals surface area contributed by atoms with Crippen molar-refractivity contribution in [3.8, 4) is 17.1 Å². The smallest absolute Gasteiger partial charge is 0.165 e. The molecule has 244 valence electrons. The second-order valence-electron chi connectivity index (χ2n) is 14.1. The third-order valence-electron chi connectivity index (χ3n) is 11.4. The zero-order chi connectivity index (χ0) is 34.4. The maximum Gasteiger partial charge on any atom is 0.165 e. The molecule has 0 radical (unpaired) electrons. The van der Waals surface area contributed by atoms with Crippen LogP contribution in [-0.2, 0) is 0 Å². The highest BCUT2D eigenvalue weighted by Gasteiger charge is 2.26. The van der Waals surface area contributed by atoms with E-state index >= 15 is 0 Å². The lowest BCUT2D eigenvalue weighted by Crippen LogP contribution is -2.04. The van der Waals surface area contributed by atoms with Gasteiger partial charge in [0.15, 0.2) is 5.82 Å². The molecular weight excluding hydrogens is 649 g/mol. The summed E-state index contributed by atoms with van der Waals surface area (Å²) < 4.78 is 11.3. The molecule has 0 amide bonds. The molecule has 0 saturated carbocycles. The number of aromatic nitrogens is 4. The first-order valence-corrected chi connectivity index (χ1v) is 18.0. The molecule has 13 rings (SSSR count). The lowest BCUT2D eigenvalue weighted by Gasteiger charge is -2.15. The number of furan rings is 1. The van der Waals surface area contributed by atoms with Gasteiger partial charge in [-0.3, -0.25) is 4.57 Å². The first kappa shape index (κ1) is 27.5. The number of hydrogen-bond acceptors (Lipinski definition) is 3. The summed E-state index contributed by atoms with van der Waals surface area (Å²) in [5.41, 5.74) is 11.1. The summed E-state index contributed by atoms with van der Waals surface area (Å²) in [5.74, 6) is 0.813. The topological polar surface area (TPSA) is 48.3 Å². The fourth-order valence-electron chi connectivity index (χ4n) is 9.27. The molecular formula is C48H26N4O. The fraction of sp³-hybridized carbons (Fsp3) is 0. The maximum absolute atomic E-state index is 6.47. The number of hydrogen-bond donors (Lipinski definition) is 0. The van der Waals surface area contributed by atoms with Gasteiger partial charge in [0.25, 0.3) is 0 Å². The van der Waals surface area contributed by atoms with Crippen molar-refractivity contribution in [1.82, 2.24) is 18.9 Å². The van der Waals surface area contributed by atoms with Gasteiger partial charge < -0.3 is 8.82 Å². The maximum atomic E-state index is 6.47. The van der Waals surface area contributed by atoms with Crippen molar-refractivity contribution in [3.63, 3.8) is 0 Å². The first-order valence-electron chi connectivity index (χ1n) is 18.0. The van der Waals surface area contributed by atoms with E-state index in [4.69, 9.17) is 14.4 Å². The highest BCUT2D eigenvalue weighted by atomic mass is 16.3. The molecule has 0 aliphatic rings. The Morgan fingerprint density at radius 2 is 1.09 bits per heavy atom. The van der Waals surface area contributed by atoms with E-state index in [0.717, 1.165) is 77.4 Å². The lowest BCUT2D eigenvalue weighted by molar-refractivity contribution is 0.669. The molecule has 0 spiro atoms. The molecule has 0 fully saturated rings. The Labute approximate surface area is 300 Å². The highest BCUT2D eigenvalue weighted by Crippen LogP contribution is 2.47. The van der Waals surface area contributed by atoms with Gasteiger partial charge in [-0.05, 0) is 53.2 Å². The summed E-state index contributed by atoms with van der Waals surface area (Å²) in [5, 5.41) is 11.8. The van der Waals surface area contributed by atoms with Gasteiger partial charge in [-0.15, -0.1) is 0 Å². The summed E-state index contributed by atoms with van der Waals surface area (Å²) in [6, 6.07) is 56.1. The van der Waals surface area contributed by atoms with E-state index in [1.165, 1.54) is 43.4 Å². The SMILES string of the molecule is c1ccc(-c2nc3c(ccc4ccccc43)nc2-n2c3cccc4c5cccc6c7ccc8oc9ccccc9c8c7n(c7cccc2c7c43)c56)cc1. The Bertz CT molecular complexity index is 3680. The van der Waals surface area contributed by atoms with Gasteiger partial charge >= 0.3 is 0 Å². The van der Waals surface area contributed by atoms with E-state index in [9.17, 15) is 0 Å². The highest BCUT2D eigenvalue weighted by molar-refractivity contribution is 6.33. The molecule has 0 bridgehead atoms. The normalized spacial score (nSPS) is 12.5. The van der Waals surface area contributed by atoms with Crippen LogP contribution in [0.2, 0.25) is 0 Å². The molecule has 0 unspecified atom stereocenters. The van der Waals surface area contributed by atoms with Crippen molar-refractivity contribution in [1.29, 1.82) is 0 Å². The summed E-state index contributed by atoms with van der Waals surface area (Å²) in [6.45, 7) is 0. The predicted octanol–water partition coefficient (Wildman–Crippen LogP) is 12.6. The monoisotopic (exact) mass is 674 g/mol. The third-order valence-corrected chi connectivity index (χ3v) is 11.4. The molecule has 0 aliphatic heterocycles. The van der Waals surface area contributed by atoms with Crippen molar-refractivity contribution in [3.05, 3.63) is 158 Å². The van der Waals surface area contributed by atoms with Gasteiger partial charge in [0.1, 0.15) is 16.9 Å². The molecule has 5 heterocycles. The van der Waals surface area contributed by atoms with Crippen LogP contribution in [0.15, 0.2) is 162 Å². The Hall–Kier alpha value is -7.24. The average Bonchev–Trinajstić information content (AvgIpc) is 3.85. The summed E-state index contributed by atoms with van der Waals surface area (Å²) in [6.07, 6.45) is 0. The largest absolute Gasteiger partial charge is 0.456 e. The van der Waals surface area contributed by atoms with Crippen LogP contribution in [0.3, 0.4) is 0 Å². The van der Waals surface area contributed by atoms with Gasteiger partial charge in [0.2, 0.25) is 0 Å². The molecule has 8 aromatic carbocycles. The summed E-state index contributed by atoms with van der Waals surface area (Å²) in [7, 11) is 0. The Morgan fingerprint density at radius 3 is 2.00 bits per heavy atom. The zero-order valence-corrected chi connectivity index (χ0v) is 28.2. The zero-order valence-electron chi connectivity index (χ0n) is 28.2. The Morgan fingerprint density at radius 1 is 0.415 bits per heavy atom. The van der Waals surface area contributed by atoms with E-state index in [2.05, 4.69) is 161 Å². The van der Waals surface area contributed by atoms with Crippen LogP contribution >= 0.6 is 0 Å². The number of para-hydroxylation sites is 2. The molecule has 0 N–H and O–H groups in total. The second-order valence-corrected chi connectivity index (χ2v) is 14.1. The van der Waals surface area contributed by atoms with Crippen LogP contribution in [0.4, 0.5) is 0 Å². The standard InChI is InChI=1S/C48H26N4O/c1-2-12-28(13-3-1)44-48(49-35-25-23-27-11-4-5-14-29(27)45(35)50-44)51-36-19-9-16-30-31-17-8-18-32-33-24-26-40-42(34-15-6-7-22-39(34)53-40)47(33)52(46(31)32)38-21-10-20-37(51)43(38)41(30)36/h1-26H. The minimum absolute atomic E-state index is 0.813. The van der Waals surface area contributed by atoms with E-state index in [1.807, 2.05) is 6.07 Å². The molecule has 53 heavy (non-hydrogen) atoms. The van der Waals surface area contributed by atoms with Gasteiger partial charge in [0, 0.05) is 43.3 Å². The first-order chi connectivity index (χ1) is 26.3. The van der Waals surface area contributed by atoms with Crippen LogP contribution in [0.5, 0.6) is 0 Å². The van der Waals surface area contributed by atoms with Crippen molar-refractivity contribution in [2.24, 2.45) is 0 Å². The van der Waals surface area contributed by atoms with Gasteiger partial charge in [-0.1, -0.05) is 115 Å². The molecule has 13 aromatic rings. The van der Waals surface area contributed by atoms with Crippen LogP contribution in [0.25, 0.3) is 121 Å². The number of fused-ring (bicyclic) bond motifs is 12. The molecule has 0 saturated heterocycles. The number of nitrogens with zero attached hydrogens (tertiary/aromatic N) is 4. The quantitative estimate of drug-likeness (QED) is 0.172. The Kier molecular flexibility index (Phi) is 5.06. The molecule has 5 nitrogen and oxygen atoms in total. The number of benzene rings is 8. The molecule has 0 atom stereocenters. The van der Waals surface area contributed by atoms with Crippen LogP contribution in [-0.4, -0.2) is 18.9 Å². The second kappa shape index (κ2) is 9.75. The summed E-state index contributed by atoms with van der Waals surface area (Å²) in [4.78, 5) is 11.0. The van der Waals surface area contributed by atoms with Gasteiger partial charge in [0.05, 0.1) is 44.0 Å². The minimum atomic E-state index is 0.813. The van der Waals surface area contributed by atoms with E-state index in [1.54, 1.807) is 0 Å². The van der Waals surface area contributed by atoms with Gasteiger partial charge in [-0.25, -0.2) is 9.97 Å². The molecule has 5 aromatic heterocycles. The predicted molar refractivity (Wildman–Crippen MR) is 219 cm³/mol. The number of rotatable bonds is 2. The van der Waals surface area contributed by atoms with Crippen LogP contribution in [0.1, 0.15) is 0 Å². The summed E-state index contributed by atoms with van der Waals surface area (Å²) >= 11 is 0. The van der Waals surface area contributed by atoms with Crippen molar-refractivity contribution in [2.75, 3.05) is 0 Å². The molecule has 0 aliphatic carbocycles. The Balaban J connectivity index is 1.27. The van der Waals surface area contributed by atoms with Gasteiger partial charge in [-0.2, -0.15) is 0 Å². The van der Waals surface area contributed by atoms with Crippen molar-refractivity contribution in [2.45, 2.75) is 0 Å². The third kappa shape index (κ3) is 3.42. The van der Waals surface area contributed by atoms with Crippen molar-refractivity contribution < 1.29 is 4.42 Å². The van der Waals surface area contributed by atoms with E-state index < -0.39 is 0 Å². The average molecular weight is 675 g/mol. The minimum Gasteiger partial charge on any atom is -0.456 e. The lowest BCUT2D eigenvalue weighted by atomic mass is 10.0. The van der Waals surface area contributed by atoms with Crippen LogP contribution < -0.4 is 0 Å². The van der Waals surface area contributed by atoms with Crippen molar-refractivity contribution >= 4 is 104 Å².